The van der Waals surface area contributed by atoms with Gasteiger partial charge in [-0.3, -0.25) is 4.42 Å². The van der Waals surface area contributed by atoms with Crippen molar-refractivity contribution in [3.05, 3.63) is 28.8 Å². The van der Waals surface area contributed by atoms with Gasteiger partial charge in [0.05, 0.1) is 19.9 Å². The molecule has 0 fully saturated rings. The Bertz CT molecular complexity index is 461. The third-order valence-electron chi connectivity index (χ3n) is 2.83. The van der Waals surface area contributed by atoms with Gasteiger partial charge in [-0.15, -0.1) is 0 Å². The van der Waals surface area contributed by atoms with Crippen molar-refractivity contribution in [3.8, 4) is 11.5 Å². The number of benzene rings is 1. The third kappa shape index (κ3) is 3.28. The van der Waals surface area contributed by atoms with Gasteiger partial charge in [0.25, 0.3) is 0 Å². The summed E-state index contributed by atoms with van der Waals surface area (Å²) in [5.41, 5.74) is 4.41. The van der Waals surface area contributed by atoms with Crippen molar-refractivity contribution in [3.63, 3.8) is 0 Å². The van der Waals surface area contributed by atoms with Gasteiger partial charge in [0, 0.05) is 29.4 Å². The second-order valence-corrected chi connectivity index (χ2v) is 4.32. The SMILES string of the molecule is CC.COc1cc2c(cc1OC)/C(=C/Cl)N(Cl)CC2. The molecule has 3 nitrogen and oxygen atoms in total. The maximum atomic E-state index is 6.09. The molecule has 1 aliphatic heterocycles. The fourth-order valence-electron chi connectivity index (χ4n) is 1.95. The second-order valence-electron chi connectivity index (χ2n) is 3.69. The van der Waals surface area contributed by atoms with Crippen LogP contribution in [0.4, 0.5) is 0 Å². The molecule has 19 heavy (non-hydrogen) atoms. The predicted molar refractivity (Wildman–Crippen MR) is 81.0 cm³/mol. The normalized spacial score (nSPS) is 15.5. The molecule has 1 aliphatic rings. The van der Waals surface area contributed by atoms with Crippen LogP contribution in [0.2, 0.25) is 0 Å². The van der Waals surface area contributed by atoms with Crippen LogP contribution < -0.4 is 9.47 Å². The minimum Gasteiger partial charge on any atom is -0.493 e. The molecule has 0 spiro atoms. The van der Waals surface area contributed by atoms with Crippen molar-refractivity contribution in [1.29, 1.82) is 0 Å². The molecule has 0 N–H and O–H groups in total. The lowest BCUT2D eigenvalue weighted by molar-refractivity contribution is 0.354. The van der Waals surface area contributed by atoms with Gasteiger partial charge in [0.1, 0.15) is 0 Å². The molecule has 0 saturated carbocycles. The molecule has 0 aromatic heterocycles. The van der Waals surface area contributed by atoms with Crippen LogP contribution in [0.15, 0.2) is 17.7 Å². The predicted octanol–water partition coefficient (Wildman–Crippen LogP) is 4.28. The highest BCUT2D eigenvalue weighted by Crippen LogP contribution is 2.38. The number of rotatable bonds is 2. The summed E-state index contributed by atoms with van der Waals surface area (Å²) < 4.78 is 12.2. The van der Waals surface area contributed by atoms with Crippen molar-refractivity contribution in [2.75, 3.05) is 20.8 Å². The number of methoxy groups -OCH3 is 2. The van der Waals surface area contributed by atoms with Crippen LogP contribution in [0.5, 0.6) is 11.5 Å². The van der Waals surface area contributed by atoms with E-state index in [1.807, 2.05) is 26.0 Å². The van der Waals surface area contributed by atoms with Crippen LogP contribution in [0.1, 0.15) is 25.0 Å². The first kappa shape index (κ1) is 16.0. The van der Waals surface area contributed by atoms with Crippen LogP contribution in [0.3, 0.4) is 0 Å². The Kier molecular flexibility index (Phi) is 6.32. The Morgan fingerprint density at radius 3 is 2.26 bits per heavy atom. The number of fused-ring (bicyclic) bond motifs is 1. The van der Waals surface area contributed by atoms with Gasteiger partial charge in [-0.1, -0.05) is 25.4 Å². The Balaban J connectivity index is 0.000000861. The Labute approximate surface area is 124 Å². The average molecular weight is 304 g/mol. The van der Waals surface area contributed by atoms with Gasteiger partial charge in [-0.05, 0) is 24.1 Å². The number of hydrogen-bond donors (Lipinski definition) is 0. The van der Waals surface area contributed by atoms with E-state index in [2.05, 4.69) is 0 Å². The first-order chi connectivity index (χ1) is 9.21. The summed E-state index contributed by atoms with van der Waals surface area (Å²) in [5, 5.41) is 0. The third-order valence-corrected chi connectivity index (χ3v) is 3.39. The lowest BCUT2D eigenvalue weighted by Crippen LogP contribution is -2.21. The fourth-order valence-corrected chi connectivity index (χ4v) is 2.46. The molecule has 0 radical (unpaired) electrons. The number of ether oxygens (including phenoxy) is 2. The Hall–Kier alpha value is -1.06. The monoisotopic (exact) mass is 303 g/mol. The van der Waals surface area contributed by atoms with Gasteiger partial charge >= 0.3 is 0 Å². The van der Waals surface area contributed by atoms with E-state index in [-0.39, 0.29) is 0 Å². The molecule has 0 saturated heterocycles. The van der Waals surface area contributed by atoms with E-state index in [0.717, 1.165) is 35.5 Å². The lowest BCUT2D eigenvalue weighted by atomic mass is 9.98. The maximum Gasteiger partial charge on any atom is 0.161 e. The Morgan fingerprint density at radius 1 is 1.16 bits per heavy atom. The molecule has 0 amide bonds. The molecular formula is C14H19Cl2NO2. The van der Waals surface area contributed by atoms with E-state index in [1.165, 1.54) is 5.54 Å². The van der Waals surface area contributed by atoms with Crippen molar-refractivity contribution >= 4 is 29.1 Å². The first-order valence-corrected chi connectivity index (χ1v) is 6.97. The quantitative estimate of drug-likeness (QED) is 0.761. The molecule has 1 aromatic carbocycles. The zero-order valence-electron chi connectivity index (χ0n) is 11.7. The highest BCUT2D eigenvalue weighted by molar-refractivity contribution is 6.30. The van der Waals surface area contributed by atoms with Gasteiger partial charge < -0.3 is 9.47 Å². The van der Waals surface area contributed by atoms with Crippen molar-refractivity contribution in [2.24, 2.45) is 0 Å². The fraction of sp³-hybridized carbons (Fsp3) is 0.429. The lowest BCUT2D eigenvalue weighted by Gasteiger charge is -2.27. The molecular weight excluding hydrogens is 285 g/mol. The molecule has 5 heteroatoms. The van der Waals surface area contributed by atoms with Gasteiger partial charge in [0.15, 0.2) is 11.5 Å². The molecule has 0 aliphatic carbocycles. The summed E-state index contributed by atoms with van der Waals surface area (Å²) in [5.74, 6) is 1.40. The van der Waals surface area contributed by atoms with Crippen LogP contribution in [-0.2, 0) is 6.42 Å². The van der Waals surface area contributed by atoms with Crippen molar-refractivity contribution in [1.82, 2.24) is 4.42 Å². The summed E-state index contributed by atoms with van der Waals surface area (Å²) in [7, 11) is 3.23. The topological polar surface area (TPSA) is 21.7 Å². The molecule has 1 heterocycles. The summed E-state index contributed by atoms with van der Waals surface area (Å²) in [4.78, 5) is 0. The largest absolute Gasteiger partial charge is 0.493 e. The summed E-state index contributed by atoms with van der Waals surface area (Å²) in [6, 6.07) is 3.87. The average Bonchev–Trinajstić information content (AvgIpc) is 2.47. The summed E-state index contributed by atoms with van der Waals surface area (Å²) in [6.07, 6.45) is 0.855. The van der Waals surface area contributed by atoms with Crippen molar-refractivity contribution < 1.29 is 9.47 Å². The molecule has 106 valence electrons. The maximum absolute atomic E-state index is 6.09. The zero-order valence-corrected chi connectivity index (χ0v) is 13.2. The van der Waals surface area contributed by atoms with E-state index >= 15 is 0 Å². The number of hydrogen-bond acceptors (Lipinski definition) is 3. The Morgan fingerprint density at radius 2 is 1.74 bits per heavy atom. The molecule has 2 rings (SSSR count). The minimum atomic E-state index is 0.675. The van der Waals surface area contributed by atoms with E-state index in [4.69, 9.17) is 32.9 Å². The van der Waals surface area contributed by atoms with Crippen LogP contribution in [0, 0.1) is 0 Å². The van der Waals surface area contributed by atoms with Gasteiger partial charge in [-0.2, -0.15) is 0 Å². The van der Waals surface area contributed by atoms with Gasteiger partial charge in [0.2, 0.25) is 0 Å². The summed E-state index contributed by atoms with van der Waals surface area (Å²) in [6.45, 7) is 4.72. The molecule has 1 aromatic rings. The molecule has 0 unspecified atom stereocenters. The zero-order chi connectivity index (χ0) is 14.4. The van der Waals surface area contributed by atoms with Gasteiger partial charge in [-0.25, -0.2) is 0 Å². The summed E-state index contributed by atoms with van der Waals surface area (Å²) >= 11 is 11.9. The highest BCUT2D eigenvalue weighted by atomic mass is 35.5. The van der Waals surface area contributed by atoms with E-state index in [9.17, 15) is 0 Å². The van der Waals surface area contributed by atoms with E-state index in [1.54, 1.807) is 18.6 Å². The van der Waals surface area contributed by atoms with Crippen LogP contribution in [0.25, 0.3) is 5.70 Å². The molecule has 0 atom stereocenters. The standard InChI is InChI=1S/C12H13Cl2NO2.C2H6/c1-16-11-5-8-3-4-15(14)10(7-13)9(8)6-12(11)17-2;1-2/h5-7H,3-4H2,1-2H3;1-2H3/b10-7-;. The van der Waals surface area contributed by atoms with E-state index in [0.29, 0.717) is 5.75 Å². The highest BCUT2D eigenvalue weighted by Gasteiger charge is 2.22. The first-order valence-electron chi connectivity index (χ1n) is 6.20. The molecule has 0 bridgehead atoms. The van der Waals surface area contributed by atoms with Crippen LogP contribution in [-0.4, -0.2) is 25.2 Å². The smallest absolute Gasteiger partial charge is 0.161 e. The van der Waals surface area contributed by atoms with Crippen molar-refractivity contribution in [2.45, 2.75) is 20.3 Å². The minimum absolute atomic E-state index is 0.675. The van der Waals surface area contributed by atoms with E-state index < -0.39 is 0 Å². The number of halogens is 2. The second kappa shape index (κ2) is 7.51. The number of nitrogens with zero attached hydrogens (tertiary/aromatic N) is 1. The van der Waals surface area contributed by atoms with Crippen LogP contribution >= 0.6 is 23.4 Å².